The predicted octanol–water partition coefficient (Wildman–Crippen LogP) is 6.57. The first-order valence-corrected chi connectivity index (χ1v) is 17.3. The lowest BCUT2D eigenvalue weighted by atomic mass is 9.99. The Morgan fingerprint density at radius 3 is 2.43 bits per heavy atom. The Balaban J connectivity index is 0.00000541. The Bertz CT molecular complexity index is 1670. The van der Waals surface area contributed by atoms with Crippen LogP contribution in [0.1, 0.15) is 56.2 Å². The zero-order valence-electron chi connectivity index (χ0n) is 27.6. The zero-order valence-corrected chi connectivity index (χ0v) is 29.9. The van der Waals surface area contributed by atoms with Crippen molar-refractivity contribution in [1.29, 1.82) is 0 Å². The van der Waals surface area contributed by atoms with Gasteiger partial charge in [0.2, 0.25) is 0 Å². The maximum Gasteiger partial charge on any atom is 0.348 e. The number of hydrogen-bond acceptors (Lipinski definition) is 10. The summed E-state index contributed by atoms with van der Waals surface area (Å²) >= 11 is 14.2. The quantitative estimate of drug-likeness (QED) is 0.143. The van der Waals surface area contributed by atoms with Crippen molar-refractivity contribution in [2.75, 3.05) is 41.0 Å². The van der Waals surface area contributed by atoms with Gasteiger partial charge in [0, 0.05) is 35.9 Å². The largest absolute Gasteiger partial charge is 0.870 e. The second-order valence-corrected chi connectivity index (χ2v) is 13.7. The normalized spacial score (nSPS) is 15.8. The molecule has 1 saturated heterocycles. The molecule has 2 aromatic heterocycles. The van der Waals surface area contributed by atoms with Gasteiger partial charge < -0.3 is 29.3 Å². The summed E-state index contributed by atoms with van der Waals surface area (Å²) in [5.74, 6) is 0.546. The van der Waals surface area contributed by atoms with Crippen molar-refractivity contribution in [1.82, 2.24) is 10.2 Å². The standard InChI is InChI=1S/C36H39Cl2N3O6S.H2O/c1-41-15-7-8-23(21-41)22-46-36(43)34(24-9-5-4-6-10-24)40-18-26-12-14-33(48-26)35(42)47-31(17-27-28(37)19-39-20-29(27)38)25-11-13-30(44-2)32(16-25)45-3;/h4-6,9-14,16,19-20,23,31,34,40H,7-8,15,17-18,21-22H2,1-3H3;1H2/t23-,31+,34?;/m1./s1. The first-order valence-electron chi connectivity index (χ1n) is 15.7. The Morgan fingerprint density at radius 1 is 1.00 bits per heavy atom. The summed E-state index contributed by atoms with van der Waals surface area (Å²) in [4.78, 5) is 33.4. The van der Waals surface area contributed by atoms with Gasteiger partial charge in [0.1, 0.15) is 27.1 Å². The van der Waals surface area contributed by atoms with Crippen LogP contribution in [0, 0.1) is 5.92 Å². The van der Waals surface area contributed by atoms with Crippen LogP contribution in [0.2, 0.25) is 10.0 Å². The number of benzene rings is 2. The monoisotopic (exact) mass is 729 g/mol. The summed E-state index contributed by atoms with van der Waals surface area (Å²) < 4.78 is 22.8. The van der Waals surface area contributed by atoms with E-state index in [1.54, 1.807) is 44.8 Å². The molecule has 13 heteroatoms. The van der Waals surface area contributed by atoms with Crippen LogP contribution in [0.25, 0.3) is 0 Å². The molecule has 0 spiro atoms. The number of aromatic amines is 1. The number of pyridine rings is 1. The number of thiophene rings is 1. The molecule has 3 N–H and O–H groups in total. The first kappa shape index (κ1) is 38.1. The molecule has 0 amide bonds. The van der Waals surface area contributed by atoms with Gasteiger partial charge in [-0.15, -0.1) is 11.3 Å². The molecule has 5 rings (SSSR count). The van der Waals surface area contributed by atoms with Gasteiger partial charge in [-0.2, -0.15) is 0 Å². The van der Waals surface area contributed by atoms with Gasteiger partial charge in [0.05, 0.1) is 20.8 Å². The fourth-order valence-corrected chi connectivity index (χ4v) is 7.16. The fourth-order valence-electron chi connectivity index (χ4n) is 5.79. The van der Waals surface area contributed by atoms with Crippen LogP contribution in [-0.2, 0) is 27.2 Å². The van der Waals surface area contributed by atoms with Gasteiger partial charge in [-0.1, -0.05) is 59.6 Å². The number of halogens is 2. The van der Waals surface area contributed by atoms with Gasteiger partial charge >= 0.3 is 11.9 Å². The Hall–Kier alpha value is -3.71. The fraction of sp³-hybridized carbons (Fsp3) is 0.361. The van der Waals surface area contributed by atoms with Crippen LogP contribution in [-0.4, -0.2) is 63.3 Å². The number of rotatable bonds is 14. The lowest BCUT2D eigenvalue weighted by molar-refractivity contribution is -0.377. The van der Waals surface area contributed by atoms with Gasteiger partial charge in [-0.25, -0.2) is 14.6 Å². The minimum Gasteiger partial charge on any atom is -0.870 e. The number of likely N-dealkylation sites (tertiary alicyclic amines) is 1. The number of carbonyl (C=O) groups excluding carboxylic acids is 2. The molecule has 2 aromatic carbocycles. The van der Waals surface area contributed by atoms with E-state index in [0.29, 0.717) is 56.6 Å². The van der Waals surface area contributed by atoms with Crippen LogP contribution in [0.5, 0.6) is 11.5 Å². The SMILES string of the molecule is COc1ccc([C@H](Cc2c(Cl)c[nH+]cc2Cl)OC(=O)c2ccc(CNC(C(=O)OC[C@@H]3CCCN(C)C3)c3ccccc3)s2)cc1OC.[OH-]. The smallest absolute Gasteiger partial charge is 0.348 e. The molecule has 10 nitrogen and oxygen atoms in total. The van der Waals surface area contributed by atoms with E-state index < -0.39 is 18.1 Å². The number of carbonyl (C=O) groups is 2. The molecule has 0 aliphatic carbocycles. The van der Waals surface area contributed by atoms with Crippen molar-refractivity contribution >= 4 is 46.5 Å². The van der Waals surface area contributed by atoms with Crippen molar-refractivity contribution < 1.29 is 39.0 Å². The molecule has 0 bridgehead atoms. The minimum absolute atomic E-state index is 0. The van der Waals surface area contributed by atoms with Gasteiger partial charge in [-0.05, 0) is 61.8 Å². The molecular weight excluding hydrogens is 689 g/mol. The predicted molar refractivity (Wildman–Crippen MR) is 188 cm³/mol. The van der Waals surface area contributed by atoms with E-state index in [1.807, 2.05) is 42.5 Å². The number of nitrogens with one attached hydrogen (secondary N) is 2. The highest BCUT2D eigenvalue weighted by Gasteiger charge is 2.27. The van der Waals surface area contributed by atoms with E-state index in [0.717, 1.165) is 36.4 Å². The average Bonchev–Trinajstić information content (AvgIpc) is 3.58. The van der Waals surface area contributed by atoms with Crippen LogP contribution in [0.4, 0.5) is 0 Å². The highest BCUT2D eigenvalue weighted by atomic mass is 35.5. The van der Waals surface area contributed by atoms with E-state index in [1.165, 1.54) is 11.3 Å². The summed E-state index contributed by atoms with van der Waals surface area (Å²) in [5, 5.41) is 4.20. The Labute approximate surface area is 300 Å². The highest BCUT2D eigenvalue weighted by molar-refractivity contribution is 7.13. The van der Waals surface area contributed by atoms with E-state index in [4.69, 9.17) is 42.1 Å². The topological polar surface area (TPSA) is 130 Å². The van der Waals surface area contributed by atoms with Crippen molar-refractivity contribution in [3.63, 3.8) is 0 Å². The molecule has 4 aromatic rings. The number of hydrogen-bond donors (Lipinski definition) is 1. The van der Waals surface area contributed by atoms with Crippen molar-refractivity contribution in [2.24, 2.45) is 5.92 Å². The lowest BCUT2D eigenvalue weighted by Crippen LogP contribution is -2.36. The lowest BCUT2D eigenvalue weighted by Gasteiger charge is -2.29. The summed E-state index contributed by atoms with van der Waals surface area (Å²) in [6, 6.07) is 17.8. The average molecular weight is 731 g/mol. The number of nitrogens with zero attached hydrogens (tertiary/aromatic N) is 1. The highest BCUT2D eigenvalue weighted by Crippen LogP contribution is 2.36. The molecule has 1 unspecified atom stereocenters. The van der Waals surface area contributed by atoms with Crippen LogP contribution in [0.3, 0.4) is 0 Å². The third kappa shape index (κ3) is 10.2. The zero-order chi connectivity index (χ0) is 34.0. The summed E-state index contributed by atoms with van der Waals surface area (Å²) in [5.41, 5.74) is 2.13. The maximum atomic E-state index is 13.6. The number of methoxy groups -OCH3 is 2. The molecule has 1 aliphatic heterocycles. The maximum absolute atomic E-state index is 13.6. The molecular formula is C36H41Cl2N3O7S. The Kier molecular flexibility index (Phi) is 14.3. The summed E-state index contributed by atoms with van der Waals surface area (Å²) in [6.07, 6.45) is 4.89. The number of esters is 2. The minimum atomic E-state index is -0.737. The third-order valence-corrected chi connectivity index (χ3v) is 10.0. The molecule has 262 valence electrons. The van der Waals surface area contributed by atoms with Gasteiger partial charge in [0.25, 0.3) is 0 Å². The number of aromatic nitrogens is 1. The van der Waals surface area contributed by atoms with E-state index in [-0.39, 0.29) is 17.9 Å². The van der Waals surface area contributed by atoms with Crippen LogP contribution in [0.15, 0.2) is 73.1 Å². The summed E-state index contributed by atoms with van der Waals surface area (Å²) in [7, 11) is 5.19. The van der Waals surface area contributed by atoms with Crippen molar-refractivity contribution in [3.8, 4) is 11.5 Å². The number of piperidine rings is 1. The number of H-pyrrole nitrogens is 1. The summed E-state index contributed by atoms with van der Waals surface area (Å²) in [6.45, 7) is 2.73. The number of ether oxygens (including phenoxy) is 4. The van der Waals surface area contributed by atoms with Crippen molar-refractivity contribution in [2.45, 2.75) is 38.0 Å². The van der Waals surface area contributed by atoms with Gasteiger partial charge in [-0.3, -0.25) is 5.32 Å². The van der Waals surface area contributed by atoms with Crippen LogP contribution >= 0.6 is 34.5 Å². The van der Waals surface area contributed by atoms with Crippen molar-refractivity contribution in [3.05, 3.63) is 110 Å². The molecule has 0 radical (unpaired) electrons. The van der Waals surface area contributed by atoms with E-state index in [2.05, 4.69) is 22.2 Å². The molecule has 1 fully saturated rings. The second-order valence-electron chi connectivity index (χ2n) is 11.7. The van der Waals surface area contributed by atoms with E-state index in [9.17, 15) is 9.59 Å². The third-order valence-electron chi connectivity index (χ3n) is 8.31. The van der Waals surface area contributed by atoms with Crippen LogP contribution < -0.4 is 19.8 Å². The molecule has 3 heterocycles. The van der Waals surface area contributed by atoms with E-state index >= 15 is 0 Å². The Morgan fingerprint density at radius 2 is 1.73 bits per heavy atom. The molecule has 49 heavy (non-hydrogen) atoms. The molecule has 3 atom stereocenters. The molecule has 0 saturated carbocycles. The first-order chi connectivity index (χ1) is 23.2. The second kappa shape index (κ2) is 18.3. The van der Waals surface area contributed by atoms with Gasteiger partial charge in [0.15, 0.2) is 23.9 Å². The molecule has 1 aliphatic rings.